The van der Waals surface area contributed by atoms with E-state index in [0.29, 0.717) is 0 Å². The fourth-order valence-corrected chi connectivity index (χ4v) is 1.40. The van der Waals surface area contributed by atoms with E-state index in [-0.39, 0.29) is 64.6 Å². The SMILES string of the molecule is CCCCCCCCCCC(=O)[O-].[Rb+]. The van der Waals surface area contributed by atoms with Crippen LogP contribution in [-0.4, -0.2) is 5.97 Å². The zero-order chi connectivity index (χ0) is 9.94. The van der Waals surface area contributed by atoms with Crippen molar-refractivity contribution in [3.05, 3.63) is 0 Å². The molecular formula is C11H21O2Rb. The fourth-order valence-electron chi connectivity index (χ4n) is 1.40. The van der Waals surface area contributed by atoms with Crippen LogP contribution in [0.5, 0.6) is 0 Å². The van der Waals surface area contributed by atoms with E-state index in [4.69, 9.17) is 0 Å². The maximum Gasteiger partial charge on any atom is 1.00 e. The van der Waals surface area contributed by atoms with Gasteiger partial charge in [-0.3, -0.25) is 0 Å². The van der Waals surface area contributed by atoms with E-state index in [2.05, 4.69) is 6.92 Å². The Morgan fingerprint density at radius 3 is 1.79 bits per heavy atom. The van der Waals surface area contributed by atoms with Gasteiger partial charge in [-0.15, -0.1) is 0 Å². The van der Waals surface area contributed by atoms with Gasteiger partial charge in [0.2, 0.25) is 0 Å². The molecule has 0 aromatic heterocycles. The van der Waals surface area contributed by atoms with Crippen LogP contribution in [0, 0.1) is 0 Å². The first kappa shape index (κ1) is 17.7. The molecular weight excluding hydrogens is 250 g/mol. The minimum absolute atomic E-state index is 0. The third-order valence-corrected chi connectivity index (χ3v) is 2.23. The molecule has 0 rings (SSSR count). The van der Waals surface area contributed by atoms with Crippen LogP contribution < -0.4 is 63.3 Å². The molecule has 0 heterocycles. The number of aliphatic carboxylic acids is 1. The number of rotatable bonds is 9. The maximum absolute atomic E-state index is 10.1. The van der Waals surface area contributed by atoms with Crippen LogP contribution in [0.2, 0.25) is 0 Å². The number of carboxylic acid groups (broad SMARTS) is 1. The van der Waals surface area contributed by atoms with Gasteiger partial charge in [0.25, 0.3) is 0 Å². The minimum Gasteiger partial charge on any atom is -0.550 e. The number of hydrogen-bond acceptors (Lipinski definition) is 2. The first-order valence-electron chi connectivity index (χ1n) is 5.47. The molecule has 0 saturated carbocycles. The molecule has 0 aromatic rings. The monoisotopic (exact) mass is 270 g/mol. The van der Waals surface area contributed by atoms with Crippen LogP contribution in [0.3, 0.4) is 0 Å². The summed E-state index contributed by atoms with van der Waals surface area (Å²) in [7, 11) is 0. The standard InChI is InChI=1S/C11H22O2.Rb/c1-2-3-4-5-6-7-8-9-10-11(12)13;/h2-10H2,1H3,(H,12,13);/q;+1/p-1. The zero-order valence-corrected chi connectivity index (χ0v) is 14.6. The number of hydrogen-bond donors (Lipinski definition) is 0. The van der Waals surface area contributed by atoms with Crippen LogP contribution in [-0.2, 0) is 4.79 Å². The van der Waals surface area contributed by atoms with Crippen LogP contribution in [0.15, 0.2) is 0 Å². The molecule has 0 radical (unpaired) electrons. The minimum atomic E-state index is -0.911. The predicted octanol–water partition coefficient (Wildman–Crippen LogP) is -0.729. The Morgan fingerprint density at radius 1 is 0.929 bits per heavy atom. The van der Waals surface area contributed by atoms with E-state index >= 15 is 0 Å². The average Bonchev–Trinajstić information content (AvgIpc) is 2.09. The van der Waals surface area contributed by atoms with Gasteiger partial charge in [0.05, 0.1) is 0 Å². The summed E-state index contributed by atoms with van der Waals surface area (Å²) in [5.41, 5.74) is 0. The van der Waals surface area contributed by atoms with Crippen molar-refractivity contribution in [2.24, 2.45) is 0 Å². The van der Waals surface area contributed by atoms with Crippen molar-refractivity contribution in [3.63, 3.8) is 0 Å². The summed E-state index contributed by atoms with van der Waals surface area (Å²) in [6, 6.07) is 0. The quantitative estimate of drug-likeness (QED) is 0.519. The molecule has 2 nitrogen and oxygen atoms in total. The Morgan fingerprint density at radius 2 is 1.36 bits per heavy atom. The number of carbonyl (C=O) groups excluding carboxylic acids is 1. The third kappa shape index (κ3) is 15.7. The molecule has 0 aliphatic heterocycles. The number of carbonyl (C=O) groups is 1. The van der Waals surface area contributed by atoms with E-state index < -0.39 is 5.97 Å². The Kier molecular flexibility index (Phi) is 18.0. The van der Waals surface area contributed by atoms with Crippen molar-refractivity contribution < 1.29 is 68.1 Å². The van der Waals surface area contributed by atoms with Gasteiger partial charge in [-0.1, -0.05) is 51.9 Å². The number of carboxylic acids is 1. The van der Waals surface area contributed by atoms with Crippen LogP contribution in [0.25, 0.3) is 0 Å². The normalized spacial score (nSPS) is 9.50. The van der Waals surface area contributed by atoms with Gasteiger partial charge in [-0.2, -0.15) is 0 Å². The Hall–Kier alpha value is 1.28. The molecule has 78 valence electrons. The maximum atomic E-state index is 10.1. The van der Waals surface area contributed by atoms with Gasteiger partial charge in [0, 0.05) is 5.97 Å². The van der Waals surface area contributed by atoms with E-state index in [1.54, 1.807) is 0 Å². The van der Waals surface area contributed by atoms with Gasteiger partial charge >= 0.3 is 58.2 Å². The van der Waals surface area contributed by atoms with Gasteiger partial charge < -0.3 is 9.90 Å². The van der Waals surface area contributed by atoms with Crippen LogP contribution in [0.4, 0.5) is 0 Å². The first-order valence-corrected chi connectivity index (χ1v) is 5.47. The third-order valence-electron chi connectivity index (χ3n) is 2.23. The second-order valence-corrected chi connectivity index (χ2v) is 3.60. The molecule has 0 spiro atoms. The first-order chi connectivity index (χ1) is 6.27. The molecule has 0 aromatic carbocycles. The molecule has 0 atom stereocenters. The molecule has 0 unspecified atom stereocenters. The van der Waals surface area contributed by atoms with Crippen molar-refractivity contribution in [2.75, 3.05) is 0 Å². The smallest absolute Gasteiger partial charge is 0.550 e. The van der Waals surface area contributed by atoms with Gasteiger partial charge in [0.15, 0.2) is 0 Å². The van der Waals surface area contributed by atoms with Crippen molar-refractivity contribution in [1.82, 2.24) is 0 Å². The Bertz CT molecular complexity index is 126. The van der Waals surface area contributed by atoms with Crippen LogP contribution in [0.1, 0.15) is 64.7 Å². The molecule has 0 N–H and O–H groups in total. The summed E-state index contributed by atoms with van der Waals surface area (Å²) in [6.07, 6.45) is 9.75. The summed E-state index contributed by atoms with van der Waals surface area (Å²) in [6.45, 7) is 2.21. The van der Waals surface area contributed by atoms with Crippen LogP contribution >= 0.6 is 0 Å². The molecule has 0 aliphatic rings. The second kappa shape index (κ2) is 14.3. The van der Waals surface area contributed by atoms with Gasteiger partial charge in [0.1, 0.15) is 0 Å². The molecule has 0 aliphatic carbocycles. The number of unbranched alkanes of at least 4 members (excludes halogenated alkanes) is 7. The Balaban J connectivity index is 0. The second-order valence-electron chi connectivity index (χ2n) is 3.60. The average molecular weight is 271 g/mol. The van der Waals surface area contributed by atoms with E-state index in [0.717, 1.165) is 12.8 Å². The molecule has 0 amide bonds. The summed E-state index contributed by atoms with van der Waals surface area (Å²) >= 11 is 0. The van der Waals surface area contributed by atoms with E-state index in [1.165, 1.54) is 38.5 Å². The molecule has 0 fully saturated rings. The van der Waals surface area contributed by atoms with Gasteiger partial charge in [-0.05, 0) is 12.8 Å². The van der Waals surface area contributed by atoms with E-state index in [1.807, 2.05) is 0 Å². The molecule has 14 heavy (non-hydrogen) atoms. The summed E-state index contributed by atoms with van der Waals surface area (Å²) in [4.78, 5) is 10.1. The summed E-state index contributed by atoms with van der Waals surface area (Å²) in [5.74, 6) is -0.911. The van der Waals surface area contributed by atoms with Gasteiger partial charge in [-0.25, -0.2) is 0 Å². The molecule has 0 saturated heterocycles. The van der Waals surface area contributed by atoms with E-state index in [9.17, 15) is 9.90 Å². The molecule has 3 heteroatoms. The largest absolute Gasteiger partial charge is 1.00 e. The summed E-state index contributed by atoms with van der Waals surface area (Å²) in [5, 5.41) is 10.1. The van der Waals surface area contributed by atoms with Crippen molar-refractivity contribution >= 4 is 5.97 Å². The zero-order valence-electron chi connectivity index (χ0n) is 9.68. The fraction of sp³-hybridized carbons (Fsp3) is 0.909. The summed E-state index contributed by atoms with van der Waals surface area (Å²) < 4.78 is 0. The van der Waals surface area contributed by atoms with Crippen molar-refractivity contribution in [3.8, 4) is 0 Å². The topological polar surface area (TPSA) is 40.1 Å². The molecule has 0 bridgehead atoms. The van der Waals surface area contributed by atoms with Crippen molar-refractivity contribution in [1.29, 1.82) is 0 Å². The predicted molar refractivity (Wildman–Crippen MR) is 52.2 cm³/mol. The Labute approximate surface area is 137 Å². The van der Waals surface area contributed by atoms with Crippen molar-refractivity contribution in [2.45, 2.75) is 64.7 Å².